The lowest BCUT2D eigenvalue weighted by Crippen LogP contribution is -2.63. The molecule has 1 saturated carbocycles. The predicted octanol–water partition coefficient (Wildman–Crippen LogP) is 3.84. The Morgan fingerprint density at radius 1 is 1.00 bits per heavy atom. The van der Waals surface area contributed by atoms with Gasteiger partial charge in [-0.15, -0.1) is 0 Å². The van der Waals surface area contributed by atoms with Gasteiger partial charge in [0.1, 0.15) is 0 Å². The van der Waals surface area contributed by atoms with Crippen LogP contribution in [-0.4, -0.2) is 69.4 Å². The van der Waals surface area contributed by atoms with Gasteiger partial charge in [-0.1, -0.05) is 30.0 Å². The molecule has 3 aliphatic heterocycles. The molecule has 2 aliphatic carbocycles. The zero-order valence-corrected chi connectivity index (χ0v) is 28.1. The van der Waals surface area contributed by atoms with Crippen molar-refractivity contribution < 1.29 is 20.1 Å². The van der Waals surface area contributed by atoms with Crippen LogP contribution in [-0.2, 0) is 17.6 Å². The molecule has 4 bridgehead atoms. The number of β-amino-alcohol motifs (C(OH)–C–C–N with tert-alkyl or cyclic N) is 1. The van der Waals surface area contributed by atoms with Gasteiger partial charge in [0.2, 0.25) is 0 Å². The average molecular weight is 635 g/mol. The summed E-state index contributed by atoms with van der Waals surface area (Å²) in [5, 5.41) is 42.9. The molecule has 0 spiro atoms. The monoisotopic (exact) mass is 634 g/mol. The molecular weight excluding hydrogens is 576 g/mol. The summed E-state index contributed by atoms with van der Waals surface area (Å²) in [5.41, 5.74) is 8.79. The Kier molecular flexibility index (Phi) is 10.5. The first kappa shape index (κ1) is 33.9. The molecule has 0 unspecified atom stereocenters. The molecule has 0 radical (unpaired) electrons. The molecule has 3 fully saturated rings. The summed E-state index contributed by atoms with van der Waals surface area (Å²) in [4.78, 5) is 11.9. The van der Waals surface area contributed by atoms with Crippen LogP contribution in [0.5, 0.6) is 0 Å². The lowest BCUT2D eigenvalue weighted by molar-refractivity contribution is -0.143. The highest BCUT2D eigenvalue weighted by atomic mass is 16.4. The first-order chi connectivity index (χ1) is 22.0. The number of nitrogens with two attached hydrogens (primary N) is 1. The Labute approximate surface area is 276 Å². The smallest absolute Gasteiger partial charge is 0.306 e. The van der Waals surface area contributed by atoms with Gasteiger partial charge in [0, 0.05) is 42.2 Å². The lowest BCUT2D eigenvalue weighted by Gasteiger charge is -2.45. The summed E-state index contributed by atoms with van der Waals surface area (Å²) in [7, 11) is 0. The summed E-state index contributed by atoms with van der Waals surface area (Å²) >= 11 is 0. The van der Waals surface area contributed by atoms with Gasteiger partial charge in [-0.3, -0.25) is 10.1 Å². The number of carboxylic acid groups (broad SMARTS) is 1. The molecule has 5 aliphatic rings. The van der Waals surface area contributed by atoms with Crippen molar-refractivity contribution in [3.05, 3.63) is 34.9 Å². The SMILES string of the molecule is C[C@H]1N[C@H]([C@H]2CC[C@H]3CC[C@@H]4CC#Cc5c(cccc5C[C@@H]3C2)C[C@H]2C[C@@](C)(C[C@H](N)N2)NC[C@](O)(CC(=O)O)CC4)CC[C@H]1O. The zero-order chi connectivity index (χ0) is 32.5. The maximum Gasteiger partial charge on any atom is 0.306 e. The van der Waals surface area contributed by atoms with Crippen LogP contribution in [0, 0.1) is 35.5 Å². The van der Waals surface area contributed by atoms with Crippen LogP contribution in [0.15, 0.2) is 18.2 Å². The summed E-state index contributed by atoms with van der Waals surface area (Å²) < 4.78 is 0. The molecular formula is C38H58N4O4. The third kappa shape index (κ3) is 8.17. The molecule has 8 N–H and O–H groups in total. The molecule has 8 nitrogen and oxygen atoms in total. The number of benzene rings is 1. The molecule has 6 rings (SSSR count). The van der Waals surface area contributed by atoms with Gasteiger partial charge in [0.05, 0.1) is 24.3 Å². The number of carboxylic acids is 1. The van der Waals surface area contributed by atoms with Gasteiger partial charge >= 0.3 is 5.97 Å². The number of hydrogen-bond donors (Lipinski definition) is 7. The van der Waals surface area contributed by atoms with Gasteiger partial charge in [0.15, 0.2) is 0 Å². The lowest BCUT2D eigenvalue weighted by atomic mass is 9.66. The van der Waals surface area contributed by atoms with Crippen LogP contribution in [0.3, 0.4) is 0 Å². The van der Waals surface area contributed by atoms with E-state index in [1.165, 1.54) is 36.0 Å². The fourth-order valence-electron chi connectivity index (χ4n) is 9.83. The Bertz CT molecular complexity index is 1290. The topological polar surface area (TPSA) is 140 Å². The van der Waals surface area contributed by atoms with Gasteiger partial charge in [-0.05, 0) is 132 Å². The molecule has 0 aromatic heterocycles. The van der Waals surface area contributed by atoms with Gasteiger partial charge < -0.3 is 31.7 Å². The standard InChI is InChI=1S/C38H58N4O4/c1-24-34(43)14-13-33(41-24)29-12-11-26-10-9-25-5-3-8-32-27(17-30(26)18-29)6-4-7-28(32)19-31-20-37(2,21-35(39)42-31)40-23-38(46,16-15-25)22-36(44)45/h4,6-7,24-26,29-31,33-35,40-43,46H,5,9-23,39H2,1-2H3,(H,44,45)/t24-,25+,26-,29+,30-,31+,33+,34-,35-,37+,38-/m1/s1. The van der Waals surface area contributed by atoms with E-state index in [2.05, 4.69) is 59.8 Å². The van der Waals surface area contributed by atoms with E-state index in [9.17, 15) is 20.1 Å². The Hall–Kier alpha value is -1.99. The maximum atomic E-state index is 11.9. The van der Waals surface area contributed by atoms with Gasteiger partial charge in [0.25, 0.3) is 0 Å². The Morgan fingerprint density at radius 2 is 1.76 bits per heavy atom. The largest absolute Gasteiger partial charge is 0.481 e. The summed E-state index contributed by atoms with van der Waals surface area (Å²) in [5.74, 6) is 8.47. The van der Waals surface area contributed by atoms with Crippen LogP contribution < -0.4 is 21.7 Å². The molecule has 8 heteroatoms. The molecule has 0 amide bonds. The average Bonchev–Trinajstić information content (AvgIpc) is 3.02. The quantitative estimate of drug-likeness (QED) is 0.249. The van der Waals surface area contributed by atoms with Crippen LogP contribution in [0.4, 0.5) is 0 Å². The number of aliphatic hydroxyl groups is 2. The highest BCUT2D eigenvalue weighted by Crippen LogP contribution is 2.43. The number of aliphatic hydroxyl groups excluding tert-OH is 1. The molecule has 3 heterocycles. The highest BCUT2D eigenvalue weighted by molar-refractivity contribution is 5.68. The molecule has 11 atom stereocenters. The van der Waals surface area contributed by atoms with E-state index in [0.29, 0.717) is 42.6 Å². The van der Waals surface area contributed by atoms with Gasteiger partial charge in [-0.2, -0.15) is 0 Å². The van der Waals surface area contributed by atoms with E-state index in [1.807, 2.05) is 0 Å². The number of carbonyl (C=O) groups is 1. The van der Waals surface area contributed by atoms with Crippen LogP contribution >= 0.6 is 0 Å². The van der Waals surface area contributed by atoms with E-state index in [4.69, 9.17) is 5.73 Å². The second-order valence-corrected chi connectivity index (χ2v) is 16.2. The first-order valence-corrected chi connectivity index (χ1v) is 18.2. The summed E-state index contributed by atoms with van der Waals surface area (Å²) in [6.07, 6.45) is 12.5. The Morgan fingerprint density at radius 3 is 2.54 bits per heavy atom. The fraction of sp³-hybridized carbons (Fsp3) is 0.763. The van der Waals surface area contributed by atoms with Crippen molar-refractivity contribution in [1.82, 2.24) is 16.0 Å². The fourth-order valence-corrected chi connectivity index (χ4v) is 9.83. The van der Waals surface area contributed by atoms with E-state index >= 15 is 0 Å². The number of fused-ring (bicyclic) bond motifs is 5. The van der Waals surface area contributed by atoms with E-state index in [1.54, 1.807) is 0 Å². The molecule has 46 heavy (non-hydrogen) atoms. The minimum Gasteiger partial charge on any atom is -0.481 e. The second-order valence-electron chi connectivity index (χ2n) is 16.2. The third-order valence-electron chi connectivity index (χ3n) is 12.5. The maximum absolute atomic E-state index is 11.9. The zero-order valence-electron chi connectivity index (χ0n) is 28.1. The predicted molar refractivity (Wildman–Crippen MR) is 181 cm³/mol. The Balaban J connectivity index is 1.33. The molecule has 2 saturated heterocycles. The van der Waals surface area contributed by atoms with E-state index < -0.39 is 11.6 Å². The first-order valence-electron chi connectivity index (χ1n) is 18.2. The van der Waals surface area contributed by atoms with E-state index in [-0.39, 0.29) is 42.9 Å². The minimum absolute atomic E-state index is 0.139. The highest BCUT2D eigenvalue weighted by Gasteiger charge is 2.41. The van der Waals surface area contributed by atoms with Crippen LogP contribution in [0.2, 0.25) is 0 Å². The van der Waals surface area contributed by atoms with Crippen molar-refractivity contribution in [2.45, 2.75) is 152 Å². The van der Waals surface area contributed by atoms with Crippen LogP contribution in [0.1, 0.15) is 114 Å². The van der Waals surface area contributed by atoms with Crippen molar-refractivity contribution in [2.24, 2.45) is 29.4 Å². The normalized spacial score (nSPS) is 42.0. The van der Waals surface area contributed by atoms with Crippen LogP contribution in [0.25, 0.3) is 0 Å². The van der Waals surface area contributed by atoms with Crippen molar-refractivity contribution in [1.29, 1.82) is 0 Å². The van der Waals surface area contributed by atoms with Crippen molar-refractivity contribution in [2.75, 3.05) is 6.54 Å². The van der Waals surface area contributed by atoms with Crippen molar-refractivity contribution in [3.8, 4) is 11.8 Å². The number of aliphatic carboxylic acids is 1. The van der Waals surface area contributed by atoms with Crippen molar-refractivity contribution in [3.63, 3.8) is 0 Å². The number of hydrogen-bond acceptors (Lipinski definition) is 7. The number of rotatable bonds is 3. The van der Waals surface area contributed by atoms with E-state index in [0.717, 1.165) is 57.8 Å². The molecule has 254 valence electrons. The van der Waals surface area contributed by atoms with Gasteiger partial charge in [-0.25, -0.2) is 0 Å². The second kappa shape index (κ2) is 14.2. The third-order valence-corrected chi connectivity index (χ3v) is 12.5. The summed E-state index contributed by atoms with van der Waals surface area (Å²) in [6.45, 7) is 4.53. The molecule has 1 aromatic carbocycles. The van der Waals surface area contributed by atoms with Crippen molar-refractivity contribution >= 4 is 5.97 Å². The minimum atomic E-state index is -1.33. The summed E-state index contributed by atoms with van der Waals surface area (Å²) in [6, 6.07) is 7.54. The molecule has 1 aromatic rings. The number of piperidine rings is 2. The number of nitrogens with one attached hydrogen (secondary N) is 3.